The van der Waals surface area contributed by atoms with Crippen molar-refractivity contribution in [1.29, 1.82) is 0 Å². The molecule has 6 N–H and O–H groups in total. The smallest absolute Gasteiger partial charge is 0.268 e. The molecule has 0 spiro atoms. The van der Waals surface area contributed by atoms with Crippen LogP contribution in [0.2, 0.25) is 0 Å². The number of amides is 2. The third kappa shape index (κ3) is 7.43. The summed E-state index contributed by atoms with van der Waals surface area (Å²) < 4.78 is 31.0. The van der Waals surface area contributed by atoms with Gasteiger partial charge in [-0.1, -0.05) is 12.1 Å². The first kappa shape index (κ1) is 40.1. The number of hydrogen-bond acceptors (Lipinski definition) is 13. The van der Waals surface area contributed by atoms with Gasteiger partial charge in [0.05, 0.1) is 30.2 Å². The van der Waals surface area contributed by atoms with E-state index in [4.69, 9.17) is 20.9 Å². The number of benzene rings is 2. The Kier molecular flexibility index (Phi) is 10.1. The van der Waals surface area contributed by atoms with Gasteiger partial charge >= 0.3 is 0 Å². The number of carbonyl (C=O) groups is 2. The first-order valence-electron chi connectivity index (χ1n) is 20.9. The molecule has 11 rings (SSSR count). The van der Waals surface area contributed by atoms with Crippen LogP contribution in [0.4, 0.5) is 16.3 Å². The largest absolute Gasteiger partial charge is 0.493 e. The number of hydrogen-bond donors (Lipinski definition) is 4. The molecule has 2 aliphatic heterocycles. The topological polar surface area (TPSA) is 233 Å². The van der Waals surface area contributed by atoms with Crippen LogP contribution in [0.3, 0.4) is 0 Å². The van der Waals surface area contributed by atoms with Crippen LogP contribution in [0.15, 0.2) is 67.4 Å². The van der Waals surface area contributed by atoms with Gasteiger partial charge in [-0.25, -0.2) is 34.3 Å². The average Bonchev–Trinajstić information content (AvgIpc) is 3.80. The van der Waals surface area contributed by atoms with E-state index in [1.807, 2.05) is 39.1 Å². The first-order valence-corrected chi connectivity index (χ1v) is 20.9. The summed E-state index contributed by atoms with van der Waals surface area (Å²) in [6, 6.07) is 11.1. The molecule has 0 saturated heterocycles. The average molecular weight is 863 g/mol. The van der Waals surface area contributed by atoms with Crippen LogP contribution >= 0.6 is 0 Å². The molecule has 3 aliphatic rings. The van der Waals surface area contributed by atoms with E-state index in [1.54, 1.807) is 44.3 Å². The number of ether oxygens (including phenoxy) is 2. The number of imidazole rings is 2. The zero-order valence-electron chi connectivity index (χ0n) is 35.2. The van der Waals surface area contributed by atoms with Gasteiger partial charge in [-0.05, 0) is 56.5 Å². The first-order chi connectivity index (χ1) is 31.0. The molecule has 8 aromatic rings. The number of carbonyl (C=O) groups excluding carboxylic acids is 2. The number of aryl methyl sites for hydroxylation is 3. The Balaban J connectivity index is 0.000000153. The van der Waals surface area contributed by atoms with Crippen molar-refractivity contribution in [1.82, 2.24) is 48.5 Å². The highest BCUT2D eigenvalue weighted by Gasteiger charge is 2.28. The summed E-state index contributed by atoms with van der Waals surface area (Å²) >= 11 is 0. The Bertz CT molecular complexity index is 3170. The quantitative estimate of drug-likeness (QED) is 0.130. The fourth-order valence-corrected chi connectivity index (χ4v) is 8.28. The van der Waals surface area contributed by atoms with Crippen molar-refractivity contribution in [3.8, 4) is 33.9 Å². The van der Waals surface area contributed by atoms with Gasteiger partial charge in [0.1, 0.15) is 40.2 Å². The molecule has 1 fully saturated rings. The van der Waals surface area contributed by atoms with Crippen molar-refractivity contribution in [3.05, 3.63) is 124 Å². The van der Waals surface area contributed by atoms with Gasteiger partial charge in [-0.15, -0.1) is 0 Å². The molecular weight excluding hydrogens is 820 g/mol. The lowest BCUT2D eigenvalue weighted by Gasteiger charge is -2.13. The van der Waals surface area contributed by atoms with Crippen molar-refractivity contribution in [2.24, 2.45) is 18.5 Å². The van der Waals surface area contributed by atoms with Gasteiger partial charge in [-0.2, -0.15) is 5.10 Å². The molecule has 1 saturated carbocycles. The van der Waals surface area contributed by atoms with E-state index in [9.17, 15) is 14.0 Å². The van der Waals surface area contributed by atoms with Crippen molar-refractivity contribution < 1.29 is 23.5 Å². The van der Waals surface area contributed by atoms with Crippen molar-refractivity contribution in [3.63, 3.8) is 0 Å². The standard InChI is InChI=1S/C24H22FN7O2.C21H21N7O2/c1-12-15(8-27-22(30-12)13-2-3-13)17-10-29-24(32-11-19(21(26)33)31-23(17)32)28-9-16-14-6-7-34-20(14)5-4-18(16)25;1-12-8-17(27(2)26-12)15-10-24-21(28-11-16(19(22)29)25-20(15)28)23-9-13-4-3-5-18-14(13)6-7-30-18/h4-5,8,10-11,13H,2-3,6-7,9H2,1H3,(H2,26,33)(H,28,29);3-5,8,10-11H,6-7,9H2,1-2H3,(H2,22,29)(H,23,24). The molecule has 2 aromatic carbocycles. The van der Waals surface area contributed by atoms with E-state index in [-0.39, 0.29) is 23.7 Å². The number of halogens is 1. The molecule has 0 bridgehead atoms. The fraction of sp³-hybridized carbons (Fsp3) is 0.267. The van der Waals surface area contributed by atoms with E-state index >= 15 is 0 Å². The summed E-state index contributed by atoms with van der Waals surface area (Å²) in [5, 5.41) is 11.0. The van der Waals surface area contributed by atoms with Crippen LogP contribution in [0.1, 0.15) is 79.2 Å². The Hall–Kier alpha value is -7.96. The number of fused-ring (bicyclic) bond motifs is 4. The zero-order chi connectivity index (χ0) is 44.2. The summed E-state index contributed by atoms with van der Waals surface area (Å²) in [6.07, 6.45) is 12.1. The van der Waals surface area contributed by atoms with E-state index in [2.05, 4.69) is 51.7 Å². The van der Waals surface area contributed by atoms with Crippen LogP contribution in [0.25, 0.3) is 33.7 Å². The monoisotopic (exact) mass is 862 g/mol. The fourth-order valence-electron chi connectivity index (χ4n) is 8.28. The minimum atomic E-state index is -0.651. The maximum absolute atomic E-state index is 14.6. The van der Waals surface area contributed by atoms with Crippen molar-refractivity contribution in [2.75, 3.05) is 23.8 Å². The third-order valence-electron chi connectivity index (χ3n) is 11.6. The Morgan fingerprint density at radius 3 is 2.05 bits per heavy atom. The summed E-state index contributed by atoms with van der Waals surface area (Å²) in [5.74, 6) is 2.37. The highest BCUT2D eigenvalue weighted by molar-refractivity contribution is 5.93. The van der Waals surface area contributed by atoms with Gasteiger partial charge in [0.15, 0.2) is 5.65 Å². The maximum Gasteiger partial charge on any atom is 0.268 e. The highest BCUT2D eigenvalue weighted by Crippen LogP contribution is 2.39. The number of nitrogens with zero attached hydrogens (tertiary/aromatic N) is 10. The number of anilines is 2. The lowest BCUT2D eigenvalue weighted by molar-refractivity contribution is 0.0988. The van der Waals surface area contributed by atoms with Gasteiger partial charge in [0.2, 0.25) is 11.9 Å². The molecular formula is C45H43FN14O4. The summed E-state index contributed by atoms with van der Waals surface area (Å²) in [6.45, 7) is 5.85. The van der Waals surface area contributed by atoms with Crippen LogP contribution in [-0.2, 0) is 33.0 Å². The van der Waals surface area contributed by atoms with E-state index in [0.717, 1.165) is 70.2 Å². The molecule has 324 valence electrons. The predicted molar refractivity (Wildman–Crippen MR) is 234 cm³/mol. The van der Waals surface area contributed by atoms with Crippen LogP contribution < -0.4 is 31.6 Å². The lowest BCUT2D eigenvalue weighted by Crippen LogP contribution is -2.11. The predicted octanol–water partition coefficient (Wildman–Crippen LogP) is 5.24. The molecule has 1 aliphatic carbocycles. The molecule has 8 heterocycles. The molecule has 6 aromatic heterocycles. The summed E-state index contributed by atoms with van der Waals surface area (Å²) in [4.78, 5) is 50.9. The van der Waals surface area contributed by atoms with E-state index < -0.39 is 11.8 Å². The van der Waals surface area contributed by atoms with Crippen LogP contribution in [0, 0.1) is 19.7 Å². The summed E-state index contributed by atoms with van der Waals surface area (Å²) in [7, 11) is 1.86. The Labute approximate surface area is 364 Å². The Morgan fingerprint density at radius 2 is 1.41 bits per heavy atom. The highest BCUT2D eigenvalue weighted by atomic mass is 19.1. The second-order valence-electron chi connectivity index (χ2n) is 16.0. The SMILES string of the molecule is Cc1cc(-c2cnc(NCc3cccc4c3CCO4)n3cc(C(N)=O)nc23)n(C)n1.Cc1nc(C2CC2)ncc1-c1cnc(NCc2c(F)ccc3c2CCO3)n2cc(C(N)=O)nc12. The zero-order valence-corrected chi connectivity index (χ0v) is 35.2. The molecule has 0 unspecified atom stereocenters. The number of rotatable bonds is 11. The van der Waals surface area contributed by atoms with E-state index in [0.29, 0.717) is 72.2 Å². The molecule has 64 heavy (non-hydrogen) atoms. The molecule has 2 amide bonds. The second-order valence-corrected chi connectivity index (χ2v) is 16.0. The Morgan fingerprint density at radius 1 is 0.781 bits per heavy atom. The van der Waals surface area contributed by atoms with Crippen molar-refractivity contribution >= 4 is 35.0 Å². The van der Waals surface area contributed by atoms with Crippen LogP contribution in [0.5, 0.6) is 11.5 Å². The third-order valence-corrected chi connectivity index (χ3v) is 11.6. The molecule has 0 atom stereocenters. The number of nitrogens with two attached hydrogens (primary N) is 2. The van der Waals surface area contributed by atoms with Gasteiger partial charge in [0.25, 0.3) is 11.8 Å². The van der Waals surface area contributed by atoms with Crippen molar-refractivity contribution in [2.45, 2.75) is 58.5 Å². The molecule has 19 heteroatoms. The lowest BCUT2D eigenvalue weighted by atomic mass is 10.0. The number of primary amides is 2. The summed E-state index contributed by atoms with van der Waals surface area (Å²) in [5.41, 5.74) is 20.9. The normalized spacial score (nSPS) is 13.8. The van der Waals surface area contributed by atoms with E-state index in [1.165, 1.54) is 17.8 Å². The van der Waals surface area contributed by atoms with Gasteiger partial charge < -0.3 is 31.6 Å². The van der Waals surface area contributed by atoms with Gasteiger partial charge in [0, 0.05) is 103 Å². The second kappa shape index (κ2) is 16.1. The molecule has 0 radical (unpaired) electrons. The number of aromatic nitrogens is 10. The number of nitrogens with one attached hydrogen (secondary N) is 2. The van der Waals surface area contributed by atoms with Gasteiger partial charge in [-0.3, -0.25) is 23.1 Å². The minimum Gasteiger partial charge on any atom is -0.493 e. The minimum absolute atomic E-state index is 0.102. The maximum atomic E-state index is 14.6. The van der Waals surface area contributed by atoms with Crippen LogP contribution in [-0.4, -0.2) is 73.5 Å². The molecule has 18 nitrogen and oxygen atoms in total.